The molecular weight excluding hydrogens is 354 g/mol. The fraction of sp³-hybridized carbons (Fsp3) is 0.500. The minimum absolute atomic E-state index is 0.0684. The molecule has 0 radical (unpaired) electrons. The fourth-order valence-corrected chi connectivity index (χ4v) is 4.07. The van der Waals surface area contributed by atoms with E-state index >= 15 is 0 Å². The minimum Gasteiger partial charge on any atom is -0.495 e. The van der Waals surface area contributed by atoms with E-state index in [1.807, 2.05) is 6.20 Å². The predicted molar refractivity (Wildman–Crippen MR) is 108 cm³/mol. The van der Waals surface area contributed by atoms with Crippen molar-refractivity contribution in [2.24, 2.45) is 5.92 Å². The summed E-state index contributed by atoms with van der Waals surface area (Å²) in [6.45, 7) is 2.13. The average Bonchev–Trinajstić information content (AvgIpc) is 2.77. The van der Waals surface area contributed by atoms with E-state index in [9.17, 15) is 4.79 Å². The first kappa shape index (κ1) is 20.1. The largest absolute Gasteiger partial charge is 0.495 e. The number of nitrogens with one attached hydrogen (secondary N) is 1. The van der Waals surface area contributed by atoms with Crippen molar-refractivity contribution in [2.45, 2.75) is 51.0 Å². The Morgan fingerprint density at radius 3 is 2.54 bits per heavy atom. The molecule has 1 aliphatic rings. The van der Waals surface area contributed by atoms with Crippen LogP contribution < -0.4 is 14.8 Å². The van der Waals surface area contributed by atoms with Gasteiger partial charge in [0.2, 0.25) is 5.88 Å². The minimum atomic E-state index is -0.0684. The Morgan fingerprint density at radius 2 is 1.93 bits per heavy atom. The Balaban J connectivity index is 1.57. The number of amides is 1. The molecule has 2 heterocycles. The van der Waals surface area contributed by atoms with Crippen molar-refractivity contribution in [3.63, 3.8) is 0 Å². The molecular formula is C22H29N3O3. The van der Waals surface area contributed by atoms with Crippen LogP contribution in [-0.2, 0) is 0 Å². The molecule has 1 aliphatic carbocycles. The predicted octanol–water partition coefficient (Wildman–Crippen LogP) is 3.98. The van der Waals surface area contributed by atoms with Gasteiger partial charge in [-0.05, 0) is 61.6 Å². The van der Waals surface area contributed by atoms with E-state index in [1.54, 1.807) is 38.7 Å². The first-order chi connectivity index (χ1) is 13.6. The second kappa shape index (κ2) is 9.53. The summed E-state index contributed by atoms with van der Waals surface area (Å²) >= 11 is 0. The van der Waals surface area contributed by atoms with Crippen LogP contribution in [-0.4, -0.2) is 36.1 Å². The first-order valence-electron chi connectivity index (χ1n) is 9.94. The van der Waals surface area contributed by atoms with Crippen LogP contribution in [0, 0.1) is 5.92 Å². The van der Waals surface area contributed by atoms with Crippen molar-refractivity contribution >= 4 is 5.91 Å². The van der Waals surface area contributed by atoms with Gasteiger partial charge in [0.1, 0.15) is 5.75 Å². The zero-order valence-corrected chi connectivity index (χ0v) is 16.9. The molecule has 1 fully saturated rings. The van der Waals surface area contributed by atoms with Gasteiger partial charge in [-0.1, -0.05) is 6.92 Å². The molecule has 0 spiro atoms. The van der Waals surface area contributed by atoms with Crippen LogP contribution in [0.25, 0.3) is 0 Å². The molecule has 0 bridgehead atoms. The molecule has 6 nitrogen and oxygen atoms in total. The Kier molecular flexibility index (Phi) is 6.85. The molecule has 28 heavy (non-hydrogen) atoms. The topological polar surface area (TPSA) is 73.3 Å². The second-order valence-electron chi connectivity index (χ2n) is 7.35. The molecule has 0 unspecified atom stereocenters. The number of aromatic nitrogens is 2. The standard InChI is InChI=1S/C22H29N3O3/c1-4-20(25-22(26)17-9-10-21(28-3)24-13-17)16-7-5-15(6-8-16)18-11-19(27-2)14-23-12-18/h9-16,20H,4-8H2,1-3H3,(H,25,26)/t15-,16-,20-/m0/s1. The Hall–Kier alpha value is -2.63. The van der Waals surface area contributed by atoms with Gasteiger partial charge in [-0.25, -0.2) is 4.98 Å². The summed E-state index contributed by atoms with van der Waals surface area (Å²) < 4.78 is 10.4. The lowest BCUT2D eigenvalue weighted by Crippen LogP contribution is -2.41. The molecule has 0 saturated heterocycles. The maximum Gasteiger partial charge on any atom is 0.253 e. The molecule has 6 heteroatoms. The first-order valence-corrected chi connectivity index (χ1v) is 9.94. The van der Waals surface area contributed by atoms with Crippen LogP contribution in [0.1, 0.15) is 60.9 Å². The highest BCUT2D eigenvalue weighted by Crippen LogP contribution is 2.38. The number of hydrogen-bond acceptors (Lipinski definition) is 5. The molecule has 1 atom stereocenters. The molecule has 0 aromatic carbocycles. The van der Waals surface area contributed by atoms with Crippen LogP contribution in [0.2, 0.25) is 0 Å². The summed E-state index contributed by atoms with van der Waals surface area (Å²) in [7, 11) is 3.23. The summed E-state index contributed by atoms with van der Waals surface area (Å²) in [5, 5.41) is 3.21. The number of hydrogen-bond donors (Lipinski definition) is 1. The lowest BCUT2D eigenvalue weighted by Gasteiger charge is -2.34. The van der Waals surface area contributed by atoms with Gasteiger partial charge in [0.05, 0.1) is 26.0 Å². The zero-order valence-electron chi connectivity index (χ0n) is 16.9. The van der Waals surface area contributed by atoms with Gasteiger partial charge >= 0.3 is 0 Å². The molecule has 150 valence electrons. The summed E-state index contributed by atoms with van der Waals surface area (Å²) in [6.07, 6.45) is 10.6. The quantitative estimate of drug-likeness (QED) is 0.783. The summed E-state index contributed by atoms with van der Waals surface area (Å²) in [6, 6.07) is 5.73. The number of ether oxygens (including phenoxy) is 2. The number of carbonyl (C=O) groups is 1. The number of rotatable bonds is 7. The second-order valence-corrected chi connectivity index (χ2v) is 7.35. The zero-order chi connectivity index (χ0) is 19.9. The Labute approximate surface area is 166 Å². The van der Waals surface area contributed by atoms with Gasteiger partial charge in [0.25, 0.3) is 5.91 Å². The van der Waals surface area contributed by atoms with Crippen molar-refractivity contribution < 1.29 is 14.3 Å². The van der Waals surface area contributed by atoms with Crippen molar-refractivity contribution in [3.8, 4) is 11.6 Å². The van der Waals surface area contributed by atoms with Crippen LogP contribution in [0.3, 0.4) is 0 Å². The fourth-order valence-electron chi connectivity index (χ4n) is 4.07. The van der Waals surface area contributed by atoms with Gasteiger partial charge in [-0.2, -0.15) is 0 Å². The van der Waals surface area contributed by atoms with Crippen LogP contribution in [0.5, 0.6) is 11.6 Å². The average molecular weight is 383 g/mol. The Bertz CT molecular complexity index is 771. The lowest BCUT2D eigenvalue weighted by atomic mass is 9.75. The SMILES string of the molecule is CC[C@H](NC(=O)c1ccc(OC)nc1)[C@H]1CC[C@H](c2cncc(OC)c2)CC1. The molecule has 2 aromatic rings. The number of nitrogens with zero attached hydrogens (tertiary/aromatic N) is 2. The Morgan fingerprint density at radius 1 is 1.14 bits per heavy atom. The van der Waals surface area contributed by atoms with Gasteiger partial charge < -0.3 is 14.8 Å². The van der Waals surface area contributed by atoms with E-state index in [4.69, 9.17) is 9.47 Å². The number of pyridine rings is 2. The monoisotopic (exact) mass is 383 g/mol. The van der Waals surface area contributed by atoms with Crippen LogP contribution >= 0.6 is 0 Å². The van der Waals surface area contributed by atoms with Crippen LogP contribution in [0.4, 0.5) is 0 Å². The molecule has 1 saturated carbocycles. The number of methoxy groups -OCH3 is 2. The van der Waals surface area contributed by atoms with Crippen molar-refractivity contribution in [1.29, 1.82) is 0 Å². The van der Waals surface area contributed by atoms with E-state index < -0.39 is 0 Å². The third-order valence-electron chi connectivity index (χ3n) is 5.75. The smallest absolute Gasteiger partial charge is 0.253 e. The summed E-state index contributed by atoms with van der Waals surface area (Å²) in [4.78, 5) is 21.0. The van der Waals surface area contributed by atoms with Gasteiger partial charge in [0, 0.05) is 24.5 Å². The highest BCUT2D eigenvalue weighted by Gasteiger charge is 2.29. The van der Waals surface area contributed by atoms with Gasteiger partial charge in [-0.15, -0.1) is 0 Å². The van der Waals surface area contributed by atoms with E-state index in [-0.39, 0.29) is 11.9 Å². The molecule has 1 N–H and O–H groups in total. The highest BCUT2D eigenvalue weighted by atomic mass is 16.5. The lowest BCUT2D eigenvalue weighted by molar-refractivity contribution is 0.0909. The molecule has 0 aliphatic heterocycles. The summed E-state index contributed by atoms with van der Waals surface area (Å²) in [5.41, 5.74) is 1.81. The van der Waals surface area contributed by atoms with E-state index in [1.165, 1.54) is 5.56 Å². The summed E-state index contributed by atoms with van der Waals surface area (Å²) in [5.74, 6) is 2.26. The van der Waals surface area contributed by atoms with E-state index in [0.29, 0.717) is 23.3 Å². The highest BCUT2D eigenvalue weighted by molar-refractivity contribution is 5.94. The number of carbonyl (C=O) groups excluding carboxylic acids is 1. The van der Waals surface area contributed by atoms with Crippen molar-refractivity contribution in [1.82, 2.24) is 15.3 Å². The van der Waals surface area contributed by atoms with Crippen molar-refractivity contribution in [2.75, 3.05) is 14.2 Å². The van der Waals surface area contributed by atoms with Gasteiger partial charge in [-0.3, -0.25) is 9.78 Å². The maximum atomic E-state index is 12.6. The third-order valence-corrected chi connectivity index (χ3v) is 5.75. The molecule has 1 amide bonds. The van der Waals surface area contributed by atoms with E-state index in [2.05, 4.69) is 28.3 Å². The molecule has 2 aromatic heterocycles. The van der Waals surface area contributed by atoms with Gasteiger partial charge in [0.15, 0.2) is 0 Å². The third kappa shape index (κ3) is 4.80. The van der Waals surface area contributed by atoms with Crippen LogP contribution in [0.15, 0.2) is 36.8 Å². The molecule has 3 rings (SSSR count). The van der Waals surface area contributed by atoms with Crippen molar-refractivity contribution in [3.05, 3.63) is 47.9 Å². The normalized spacial score (nSPS) is 20.2. The maximum absolute atomic E-state index is 12.6. The van der Waals surface area contributed by atoms with E-state index in [0.717, 1.165) is 37.9 Å².